The third-order valence-electron chi connectivity index (χ3n) is 3.40. The van der Waals surface area contributed by atoms with Gasteiger partial charge in [-0.05, 0) is 54.7 Å². The maximum absolute atomic E-state index is 11.2. The summed E-state index contributed by atoms with van der Waals surface area (Å²) in [6.07, 6.45) is 5.47. The molecule has 0 aliphatic heterocycles. The molecule has 2 nitrogen and oxygen atoms in total. The molecule has 0 saturated heterocycles. The van der Waals surface area contributed by atoms with Crippen LogP contribution in [0.15, 0.2) is 46.3 Å². The van der Waals surface area contributed by atoms with Crippen LogP contribution in [0, 0.1) is 0 Å². The average Bonchev–Trinajstić information content (AvgIpc) is 2.87. The molecule has 0 N–H and O–H groups in total. The smallest absolute Gasteiger partial charge is 0.178 e. The van der Waals surface area contributed by atoms with Crippen molar-refractivity contribution in [2.75, 3.05) is 0 Å². The van der Waals surface area contributed by atoms with E-state index in [1.807, 2.05) is 6.07 Å². The highest BCUT2D eigenvalue weighted by molar-refractivity contribution is 7.99. The van der Waals surface area contributed by atoms with E-state index in [-0.39, 0.29) is 5.78 Å². The molecule has 3 rings (SSSR count). The number of ketones is 1. The lowest BCUT2D eigenvalue weighted by molar-refractivity contribution is 0.101. The van der Waals surface area contributed by atoms with Crippen molar-refractivity contribution in [2.45, 2.75) is 36.0 Å². The van der Waals surface area contributed by atoms with Crippen LogP contribution < -0.4 is 0 Å². The zero-order chi connectivity index (χ0) is 13.2. The largest absolute Gasteiger partial charge is 0.293 e. The van der Waals surface area contributed by atoms with Gasteiger partial charge in [0.25, 0.3) is 0 Å². The van der Waals surface area contributed by atoms with Crippen LogP contribution in [-0.4, -0.2) is 10.8 Å². The van der Waals surface area contributed by atoms with Crippen LogP contribution in [0.4, 0.5) is 0 Å². The number of carbonyl (C=O) groups excluding carboxylic acids is 1. The second kappa shape index (κ2) is 5.17. The lowest BCUT2D eigenvalue weighted by Gasteiger charge is -2.05. The van der Waals surface area contributed by atoms with E-state index in [2.05, 4.69) is 23.2 Å². The summed E-state index contributed by atoms with van der Waals surface area (Å²) in [5.74, 6) is 0.00841. The van der Waals surface area contributed by atoms with Crippen LogP contribution in [-0.2, 0) is 12.8 Å². The van der Waals surface area contributed by atoms with Gasteiger partial charge in [0.05, 0.1) is 0 Å². The molecule has 1 aromatic carbocycles. The Labute approximate surface area is 117 Å². The first-order valence-corrected chi connectivity index (χ1v) is 7.31. The summed E-state index contributed by atoms with van der Waals surface area (Å²) >= 11 is 1.70. The summed E-state index contributed by atoms with van der Waals surface area (Å²) in [5, 5.41) is 0. The zero-order valence-electron chi connectivity index (χ0n) is 10.8. The number of rotatable bonds is 3. The first-order valence-electron chi connectivity index (χ1n) is 6.49. The summed E-state index contributed by atoms with van der Waals surface area (Å²) in [5.41, 5.74) is 3.51. The van der Waals surface area contributed by atoms with E-state index in [1.165, 1.54) is 42.2 Å². The summed E-state index contributed by atoms with van der Waals surface area (Å²) in [4.78, 5) is 17.7. The lowest BCUT2D eigenvalue weighted by atomic mass is 10.1. The molecule has 1 aliphatic carbocycles. The number of hydrogen-bond acceptors (Lipinski definition) is 3. The van der Waals surface area contributed by atoms with Crippen LogP contribution >= 0.6 is 11.8 Å². The molecule has 1 aromatic heterocycles. The topological polar surface area (TPSA) is 30.0 Å². The minimum atomic E-state index is 0.00841. The normalized spacial score (nSPS) is 13.3. The zero-order valence-corrected chi connectivity index (χ0v) is 11.7. The Morgan fingerprint density at radius 1 is 1.11 bits per heavy atom. The van der Waals surface area contributed by atoms with Crippen LogP contribution in [0.3, 0.4) is 0 Å². The fourth-order valence-corrected chi connectivity index (χ4v) is 3.25. The molecular weight excluding hydrogens is 254 g/mol. The fourth-order valence-electron chi connectivity index (χ4n) is 2.40. The van der Waals surface area contributed by atoms with E-state index < -0.39 is 0 Å². The Kier molecular flexibility index (Phi) is 3.38. The van der Waals surface area contributed by atoms with Crippen LogP contribution in [0.5, 0.6) is 0 Å². The van der Waals surface area contributed by atoms with Crippen LogP contribution in [0.1, 0.15) is 35.0 Å². The quantitative estimate of drug-likeness (QED) is 0.791. The molecule has 0 amide bonds. The van der Waals surface area contributed by atoms with Gasteiger partial charge >= 0.3 is 0 Å². The number of aromatic nitrogens is 1. The molecule has 2 aromatic rings. The Bertz CT molecular complexity index is 619. The maximum Gasteiger partial charge on any atom is 0.178 e. The number of Topliss-reactive ketones (excluding diaryl/α,β-unsaturated/α-hetero) is 1. The van der Waals surface area contributed by atoms with Crippen LogP contribution in [0.25, 0.3) is 0 Å². The van der Waals surface area contributed by atoms with Gasteiger partial charge < -0.3 is 0 Å². The lowest BCUT2D eigenvalue weighted by Crippen LogP contribution is -1.95. The van der Waals surface area contributed by atoms with E-state index in [0.29, 0.717) is 5.69 Å². The SMILES string of the molecule is CC(=O)c1ccc(Sc2ccc3c(c2)CCC3)cn1. The van der Waals surface area contributed by atoms with E-state index in [1.54, 1.807) is 24.0 Å². The van der Waals surface area contributed by atoms with Crippen molar-refractivity contribution in [3.8, 4) is 0 Å². The highest BCUT2D eigenvalue weighted by atomic mass is 32.2. The number of nitrogens with zero attached hydrogens (tertiary/aromatic N) is 1. The molecule has 19 heavy (non-hydrogen) atoms. The predicted molar refractivity (Wildman–Crippen MR) is 76.8 cm³/mol. The molecule has 0 atom stereocenters. The average molecular weight is 269 g/mol. The molecule has 96 valence electrons. The Balaban J connectivity index is 1.79. The molecule has 0 spiro atoms. The molecule has 1 aliphatic rings. The second-order valence-electron chi connectivity index (χ2n) is 4.82. The molecular formula is C16H15NOS. The molecule has 0 saturated carbocycles. The van der Waals surface area contributed by atoms with Gasteiger partial charge in [-0.15, -0.1) is 0 Å². The Morgan fingerprint density at radius 2 is 1.89 bits per heavy atom. The van der Waals surface area contributed by atoms with Crippen molar-refractivity contribution >= 4 is 17.5 Å². The standard InChI is InChI=1S/C16H15NOS/c1-11(18)16-8-7-15(10-17-16)19-14-6-5-12-3-2-4-13(12)9-14/h5-10H,2-4H2,1H3. The number of fused-ring (bicyclic) bond motifs is 1. The van der Waals surface area contributed by atoms with Crippen molar-refractivity contribution in [3.63, 3.8) is 0 Å². The molecule has 0 radical (unpaired) electrons. The molecule has 3 heteroatoms. The van der Waals surface area contributed by atoms with E-state index in [9.17, 15) is 4.79 Å². The second-order valence-corrected chi connectivity index (χ2v) is 5.97. The Morgan fingerprint density at radius 3 is 2.63 bits per heavy atom. The fraction of sp³-hybridized carbons (Fsp3) is 0.250. The summed E-state index contributed by atoms with van der Waals surface area (Å²) in [7, 11) is 0. The van der Waals surface area contributed by atoms with Crippen molar-refractivity contribution in [1.29, 1.82) is 0 Å². The van der Waals surface area contributed by atoms with Crippen molar-refractivity contribution in [2.24, 2.45) is 0 Å². The third-order valence-corrected chi connectivity index (χ3v) is 4.37. The predicted octanol–water partition coefficient (Wildman–Crippen LogP) is 3.92. The minimum Gasteiger partial charge on any atom is -0.293 e. The minimum absolute atomic E-state index is 0.00841. The first-order chi connectivity index (χ1) is 9.22. The summed E-state index contributed by atoms with van der Waals surface area (Å²) < 4.78 is 0. The van der Waals surface area contributed by atoms with Crippen molar-refractivity contribution in [1.82, 2.24) is 4.98 Å². The number of benzene rings is 1. The monoisotopic (exact) mass is 269 g/mol. The van der Waals surface area contributed by atoms with Gasteiger partial charge in [-0.2, -0.15) is 0 Å². The summed E-state index contributed by atoms with van der Waals surface area (Å²) in [6.45, 7) is 1.54. The number of hydrogen-bond donors (Lipinski definition) is 0. The Hall–Kier alpha value is -1.61. The molecule has 0 fully saturated rings. The van der Waals surface area contributed by atoms with Gasteiger partial charge in [-0.1, -0.05) is 17.8 Å². The van der Waals surface area contributed by atoms with Gasteiger partial charge in [-0.25, -0.2) is 0 Å². The molecule has 1 heterocycles. The number of carbonyl (C=O) groups is 1. The van der Waals surface area contributed by atoms with Crippen molar-refractivity contribution in [3.05, 3.63) is 53.3 Å². The molecule has 0 bridgehead atoms. The highest BCUT2D eigenvalue weighted by Crippen LogP contribution is 2.31. The highest BCUT2D eigenvalue weighted by Gasteiger charge is 2.11. The first kappa shape index (κ1) is 12.4. The van der Waals surface area contributed by atoms with Crippen molar-refractivity contribution < 1.29 is 4.79 Å². The summed E-state index contributed by atoms with van der Waals surface area (Å²) in [6, 6.07) is 10.4. The van der Waals surface area contributed by atoms with E-state index in [4.69, 9.17) is 0 Å². The number of pyridine rings is 1. The molecule has 0 unspecified atom stereocenters. The van der Waals surface area contributed by atoms with Gasteiger partial charge in [0.2, 0.25) is 0 Å². The van der Waals surface area contributed by atoms with Gasteiger partial charge in [0.1, 0.15) is 5.69 Å². The van der Waals surface area contributed by atoms with Gasteiger partial charge in [0.15, 0.2) is 5.78 Å². The van der Waals surface area contributed by atoms with Gasteiger partial charge in [-0.3, -0.25) is 9.78 Å². The van der Waals surface area contributed by atoms with Gasteiger partial charge in [0, 0.05) is 22.9 Å². The van der Waals surface area contributed by atoms with E-state index >= 15 is 0 Å². The third kappa shape index (κ3) is 2.71. The van der Waals surface area contributed by atoms with E-state index in [0.717, 1.165) is 4.90 Å². The maximum atomic E-state index is 11.2. The van der Waals surface area contributed by atoms with Crippen LogP contribution in [0.2, 0.25) is 0 Å². The number of aryl methyl sites for hydroxylation is 2.